The molecule has 2 atom stereocenters. The highest BCUT2D eigenvalue weighted by atomic mass is 31.1. The summed E-state index contributed by atoms with van der Waals surface area (Å²) < 4.78 is 14.6. The second-order valence-corrected chi connectivity index (χ2v) is 4.02. The van der Waals surface area contributed by atoms with E-state index in [4.69, 9.17) is 5.11 Å². The highest BCUT2D eigenvalue weighted by Gasteiger charge is 2.23. The maximum absolute atomic E-state index is 10.0. The van der Waals surface area contributed by atoms with E-state index >= 15 is 0 Å². The van der Waals surface area contributed by atoms with Crippen LogP contribution in [0.2, 0.25) is 0 Å². The number of nitrogens with zero attached hydrogens (tertiary/aromatic N) is 2. The molecular weight excluding hydrogens is 231 g/mol. The zero-order valence-corrected chi connectivity index (χ0v) is 10.1. The summed E-state index contributed by atoms with van der Waals surface area (Å²) in [6, 6.07) is 0. The first-order valence-corrected chi connectivity index (χ1v) is 5.85. The second kappa shape index (κ2) is 6.81. The molecule has 0 saturated carbocycles. The van der Waals surface area contributed by atoms with Crippen LogP contribution in [-0.4, -0.2) is 58.6 Å². The molecule has 6 nitrogen and oxygen atoms in total. The van der Waals surface area contributed by atoms with Crippen molar-refractivity contribution in [2.24, 2.45) is 0 Å². The number of β-amino-alcohol motifs (C(OH)–C–C–N with tert-alkyl or cyclic N) is 2. The molecule has 2 unspecified atom stereocenters. The van der Waals surface area contributed by atoms with Gasteiger partial charge in [0, 0.05) is 25.5 Å². The van der Waals surface area contributed by atoms with E-state index in [1.54, 1.807) is 0 Å². The van der Waals surface area contributed by atoms with Crippen molar-refractivity contribution < 1.29 is 19.3 Å². The minimum atomic E-state index is -0.678. The van der Waals surface area contributed by atoms with Crippen LogP contribution in [0.15, 0.2) is 12.4 Å². The Balaban J connectivity index is 2.33. The monoisotopic (exact) mass is 248 g/mol. The quantitative estimate of drug-likeness (QED) is 0.618. The van der Waals surface area contributed by atoms with Crippen molar-refractivity contribution >= 4 is 8.69 Å². The molecule has 92 valence electrons. The normalized spacial score (nSPS) is 22.1. The molecule has 0 amide bonds. The van der Waals surface area contributed by atoms with E-state index in [9.17, 15) is 9.67 Å². The Bertz CT molecular complexity index is 252. The first-order valence-electron chi connectivity index (χ1n) is 5.12. The summed E-state index contributed by atoms with van der Waals surface area (Å²) in [4.78, 5) is 3.91. The van der Waals surface area contributed by atoms with Crippen molar-refractivity contribution in [1.29, 1.82) is 0 Å². The van der Waals surface area contributed by atoms with E-state index in [1.165, 1.54) is 0 Å². The van der Waals surface area contributed by atoms with Crippen LogP contribution < -0.4 is 0 Å². The summed E-state index contributed by atoms with van der Waals surface area (Å²) in [5.74, 6) is 0. The summed E-state index contributed by atoms with van der Waals surface area (Å²) in [5, 5.41) is 18.4. The van der Waals surface area contributed by atoms with Gasteiger partial charge in [-0.3, -0.25) is 4.52 Å². The Labute approximate surface area is 96.4 Å². The summed E-state index contributed by atoms with van der Waals surface area (Å²) in [5.41, 5.74) is 0. The average molecular weight is 248 g/mol. The molecular formula is C9H17N2O4P. The molecule has 1 heterocycles. The van der Waals surface area contributed by atoms with Gasteiger partial charge in [-0.05, 0) is 6.92 Å². The van der Waals surface area contributed by atoms with E-state index in [0.29, 0.717) is 13.1 Å². The number of rotatable bonds is 7. The molecule has 0 fully saturated rings. The van der Waals surface area contributed by atoms with Crippen molar-refractivity contribution in [2.45, 2.75) is 19.2 Å². The third kappa shape index (κ3) is 3.72. The zero-order valence-electron chi connectivity index (χ0n) is 9.19. The van der Waals surface area contributed by atoms with Crippen LogP contribution in [0.3, 0.4) is 0 Å². The molecule has 0 bridgehead atoms. The van der Waals surface area contributed by atoms with Crippen LogP contribution in [0.25, 0.3) is 0 Å². The average Bonchev–Trinajstić information content (AvgIpc) is 2.59. The third-order valence-electron chi connectivity index (χ3n) is 2.51. The molecule has 16 heavy (non-hydrogen) atoms. The van der Waals surface area contributed by atoms with Crippen LogP contribution in [0.5, 0.6) is 0 Å². The maximum Gasteiger partial charge on any atom is 0.327 e. The Hall–Kier alpha value is -0.680. The smallest absolute Gasteiger partial charge is 0.327 e. The SMILES string of the molecule is CC1N(CCO)C=CN1CC(O)COP=O. The number of hydrogen-bond acceptors (Lipinski definition) is 6. The van der Waals surface area contributed by atoms with Crippen molar-refractivity contribution in [3.8, 4) is 0 Å². The van der Waals surface area contributed by atoms with Gasteiger partial charge in [0.1, 0.15) is 0 Å². The van der Waals surface area contributed by atoms with E-state index in [1.807, 2.05) is 29.1 Å². The van der Waals surface area contributed by atoms with Gasteiger partial charge in [-0.2, -0.15) is 0 Å². The van der Waals surface area contributed by atoms with Gasteiger partial charge in [-0.1, -0.05) is 0 Å². The first-order chi connectivity index (χ1) is 7.69. The minimum absolute atomic E-state index is 0.0438. The molecule has 0 aromatic heterocycles. The molecule has 0 saturated heterocycles. The predicted octanol–water partition coefficient (Wildman–Crippen LogP) is -0.00230. The van der Waals surface area contributed by atoms with Gasteiger partial charge in [0.15, 0.2) is 0 Å². The van der Waals surface area contributed by atoms with Crippen LogP contribution in [0, 0.1) is 0 Å². The Morgan fingerprint density at radius 3 is 2.81 bits per heavy atom. The summed E-state index contributed by atoms with van der Waals surface area (Å²) in [6.07, 6.45) is 3.16. The molecule has 2 N–H and O–H groups in total. The zero-order chi connectivity index (χ0) is 12.0. The van der Waals surface area contributed by atoms with E-state index < -0.39 is 14.8 Å². The standard InChI is InChI=1S/C9H17N2O4P/c1-8-10(4-5-12)2-3-11(8)6-9(13)7-15-16-14/h2-3,8-9,12-13H,4-7H2,1H3. The number of hydrogen-bond donors (Lipinski definition) is 2. The van der Waals surface area contributed by atoms with Crippen LogP contribution >= 0.6 is 8.69 Å². The van der Waals surface area contributed by atoms with Crippen molar-refractivity contribution in [2.75, 3.05) is 26.3 Å². The van der Waals surface area contributed by atoms with Gasteiger partial charge in [0.25, 0.3) is 0 Å². The van der Waals surface area contributed by atoms with E-state index in [2.05, 4.69) is 4.52 Å². The van der Waals surface area contributed by atoms with Gasteiger partial charge >= 0.3 is 8.69 Å². The lowest BCUT2D eigenvalue weighted by molar-refractivity contribution is 0.0582. The first kappa shape index (κ1) is 13.4. The third-order valence-corrected chi connectivity index (χ3v) is 2.76. The van der Waals surface area contributed by atoms with Crippen molar-refractivity contribution in [3.05, 3.63) is 12.4 Å². The minimum Gasteiger partial charge on any atom is -0.395 e. The van der Waals surface area contributed by atoms with Crippen LogP contribution in [-0.2, 0) is 9.09 Å². The van der Waals surface area contributed by atoms with Gasteiger partial charge in [-0.25, -0.2) is 4.57 Å². The Morgan fingerprint density at radius 1 is 1.50 bits per heavy atom. The summed E-state index contributed by atoms with van der Waals surface area (Å²) in [7, 11) is -0.415. The van der Waals surface area contributed by atoms with Crippen LogP contribution in [0.1, 0.15) is 6.92 Å². The molecule has 7 heteroatoms. The topological polar surface area (TPSA) is 73.2 Å². The highest BCUT2D eigenvalue weighted by molar-refractivity contribution is 7.17. The van der Waals surface area contributed by atoms with Gasteiger partial charge in [-0.15, -0.1) is 0 Å². The molecule has 0 radical (unpaired) electrons. The van der Waals surface area contributed by atoms with Gasteiger partial charge in [0.2, 0.25) is 0 Å². The largest absolute Gasteiger partial charge is 0.395 e. The number of aliphatic hydroxyl groups excluding tert-OH is 2. The fourth-order valence-electron chi connectivity index (χ4n) is 1.61. The molecule has 0 aromatic rings. The molecule has 1 rings (SSSR count). The molecule has 0 aliphatic carbocycles. The molecule has 1 aliphatic heterocycles. The van der Waals surface area contributed by atoms with E-state index in [-0.39, 0.29) is 19.4 Å². The fraction of sp³-hybridized carbons (Fsp3) is 0.778. The Kier molecular flexibility index (Phi) is 5.69. The molecule has 0 spiro atoms. The highest BCUT2D eigenvalue weighted by Crippen LogP contribution is 2.15. The van der Waals surface area contributed by atoms with Crippen molar-refractivity contribution in [3.63, 3.8) is 0 Å². The van der Waals surface area contributed by atoms with Gasteiger partial charge in [0.05, 0.1) is 25.5 Å². The maximum atomic E-state index is 10.0. The lowest BCUT2D eigenvalue weighted by Gasteiger charge is -2.30. The lowest BCUT2D eigenvalue weighted by Crippen LogP contribution is -2.41. The number of aliphatic hydroxyl groups is 2. The molecule has 1 aliphatic rings. The summed E-state index contributed by atoms with van der Waals surface area (Å²) >= 11 is 0. The molecule has 0 aromatic carbocycles. The van der Waals surface area contributed by atoms with Crippen molar-refractivity contribution in [1.82, 2.24) is 9.80 Å². The lowest BCUT2D eigenvalue weighted by atomic mass is 10.3. The summed E-state index contributed by atoms with van der Waals surface area (Å²) in [6.45, 7) is 3.11. The second-order valence-electron chi connectivity index (χ2n) is 3.61. The van der Waals surface area contributed by atoms with Gasteiger partial charge < -0.3 is 20.0 Å². The van der Waals surface area contributed by atoms with E-state index in [0.717, 1.165) is 0 Å². The Morgan fingerprint density at radius 2 is 2.19 bits per heavy atom. The predicted molar refractivity (Wildman–Crippen MR) is 58.7 cm³/mol. The van der Waals surface area contributed by atoms with Crippen LogP contribution in [0.4, 0.5) is 0 Å². The fourth-order valence-corrected chi connectivity index (χ4v) is 1.85.